The van der Waals surface area contributed by atoms with E-state index in [-0.39, 0.29) is 24.7 Å². The molecule has 8 nitrogen and oxygen atoms in total. The SMILES string of the molecule is COc1cc2c(cc1OC)CN(CC1CC(c3ccc(CO)cc3)OC(c3ccc(NC(C)=O)cc3)O1)CC2. The molecule has 5 rings (SSSR count). The van der Waals surface area contributed by atoms with Crippen LogP contribution in [0.1, 0.15) is 53.6 Å². The fourth-order valence-electron chi connectivity index (χ4n) is 5.35. The average Bonchev–Trinajstić information content (AvgIpc) is 2.96. The molecule has 3 aromatic carbocycles. The molecule has 3 unspecified atom stereocenters. The first-order valence-corrected chi connectivity index (χ1v) is 13.3. The van der Waals surface area contributed by atoms with Crippen LogP contribution in [-0.4, -0.2) is 49.3 Å². The Morgan fingerprint density at radius 1 is 0.974 bits per heavy atom. The monoisotopic (exact) mass is 532 g/mol. The summed E-state index contributed by atoms with van der Waals surface area (Å²) in [5.74, 6) is 1.40. The predicted octanol–water partition coefficient (Wildman–Crippen LogP) is 4.76. The third-order valence-electron chi connectivity index (χ3n) is 7.38. The molecule has 2 N–H and O–H groups in total. The van der Waals surface area contributed by atoms with Crippen LogP contribution in [0.15, 0.2) is 60.7 Å². The molecule has 2 aliphatic heterocycles. The Morgan fingerprint density at radius 3 is 2.28 bits per heavy atom. The third kappa shape index (κ3) is 6.42. The molecule has 0 aliphatic carbocycles. The van der Waals surface area contributed by atoms with Gasteiger partial charge in [-0.3, -0.25) is 9.69 Å². The number of anilines is 1. The van der Waals surface area contributed by atoms with Crippen molar-refractivity contribution in [2.45, 2.75) is 51.4 Å². The van der Waals surface area contributed by atoms with Gasteiger partial charge in [0.25, 0.3) is 0 Å². The topological polar surface area (TPSA) is 89.5 Å². The Bertz CT molecular complexity index is 1280. The second-order valence-corrected chi connectivity index (χ2v) is 10.1. The molecule has 1 amide bonds. The van der Waals surface area contributed by atoms with Crippen molar-refractivity contribution in [2.75, 3.05) is 32.6 Å². The Labute approximate surface area is 229 Å². The number of methoxy groups -OCH3 is 2. The lowest BCUT2D eigenvalue weighted by Crippen LogP contribution is -2.41. The Hall–Kier alpha value is -3.43. The largest absolute Gasteiger partial charge is 0.493 e. The van der Waals surface area contributed by atoms with Crippen LogP contribution in [0.5, 0.6) is 11.5 Å². The molecule has 1 fully saturated rings. The molecular formula is C31H36N2O6. The number of carbonyl (C=O) groups is 1. The molecule has 2 heterocycles. The van der Waals surface area contributed by atoms with E-state index in [1.165, 1.54) is 18.1 Å². The zero-order valence-corrected chi connectivity index (χ0v) is 22.7. The smallest absolute Gasteiger partial charge is 0.221 e. The zero-order chi connectivity index (χ0) is 27.4. The minimum atomic E-state index is -0.543. The van der Waals surface area contributed by atoms with E-state index in [1.807, 2.05) is 48.5 Å². The fraction of sp³-hybridized carbons (Fsp3) is 0.387. The number of aliphatic hydroxyl groups excluding tert-OH is 1. The van der Waals surface area contributed by atoms with Crippen LogP contribution in [0.4, 0.5) is 5.69 Å². The number of fused-ring (bicyclic) bond motifs is 1. The van der Waals surface area contributed by atoms with E-state index in [2.05, 4.69) is 22.3 Å². The van der Waals surface area contributed by atoms with Gasteiger partial charge in [-0.25, -0.2) is 0 Å². The van der Waals surface area contributed by atoms with E-state index in [1.54, 1.807) is 14.2 Å². The van der Waals surface area contributed by atoms with Crippen LogP contribution in [0.3, 0.4) is 0 Å². The van der Waals surface area contributed by atoms with Crippen molar-refractivity contribution >= 4 is 11.6 Å². The van der Waals surface area contributed by atoms with E-state index in [9.17, 15) is 9.90 Å². The zero-order valence-electron chi connectivity index (χ0n) is 22.7. The molecule has 3 aromatic rings. The van der Waals surface area contributed by atoms with Crippen LogP contribution < -0.4 is 14.8 Å². The van der Waals surface area contributed by atoms with Crippen molar-refractivity contribution in [2.24, 2.45) is 0 Å². The quantitative estimate of drug-likeness (QED) is 0.433. The maximum atomic E-state index is 11.4. The minimum absolute atomic E-state index is 0.00784. The number of ether oxygens (including phenoxy) is 4. The summed E-state index contributed by atoms with van der Waals surface area (Å²) < 4.78 is 24.0. The standard InChI is InChI=1S/C31H36N2O6/c1-20(35)32-26-10-8-23(9-11-26)31-38-27(16-28(39-31)22-6-4-21(19-34)5-7-22)18-33-13-12-24-14-29(36-2)30(37-3)15-25(24)17-33/h4-11,14-15,27-28,31,34H,12-13,16-19H2,1-3H3,(H,32,35). The Balaban J connectivity index is 1.34. The van der Waals surface area contributed by atoms with Crippen LogP contribution in [0.25, 0.3) is 0 Å². The van der Waals surface area contributed by atoms with Crippen molar-refractivity contribution in [1.82, 2.24) is 4.90 Å². The molecular weight excluding hydrogens is 496 g/mol. The van der Waals surface area contributed by atoms with Gasteiger partial charge in [-0.15, -0.1) is 0 Å². The second-order valence-electron chi connectivity index (χ2n) is 10.1. The fourth-order valence-corrected chi connectivity index (χ4v) is 5.35. The second kappa shape index (κ2) is 12.2. The molecule has 206 valence electrons. The maximum absolute atomic E-state index is 11.4. The Kier molecular flexibility index (Phi) is 8.47. The molecule has 0 saturated carbocycles. The number of nitrogens with zero attached hydrogens (tertiary/aromatic N) is 1. The van der Waals surface area contributed by atoms with Crippen molar-refractivity contribution < 1.29 is 28.8 Å². The van der Waals surface area contributed by atoms with E-state index in [0.717, 1.165) is 59.9 Å². The molecule has 8 heteroatoms. The van der Waals surface area contributed by atoms with Gasteiger partial charge in [-0.05, 0) is 52.9 Å². The van der Waals surface area contributed by atoms with E-state index in [4.69, 9.17) is 18.9 Å². The number of hydrogen-bond acceptors (Lipinski definition) is 7. The summed E-state index contributed by atoms with van der Waals surface area (Å²) in [6, 6.07) is 19.7. The van der Waals surface area contributed by atoms with E-state index in [0.29, 0.717) is 6.42 Å². The van der Waals surface area contributed by atoms with Gasteiger partial charge >= 0.3 is 0 Å². The highest BCUT2D eigenvalue weighted by atomic mass is 16.7. The lowest BCUT2D eigenvalue weighted by Gasteiger charge is -2.39. The van der Waals surface area contributed by atoms with Gasteiger partial charge in [0.1, 0.15) is 0 Å². The van der Waals surface area contributed by atoms with Crippen LogP contribution in [0.2, 0.25) is 0 Å². The number of rotatable bonds is 8. The molecule has 0 bridgehead atoms. The van der Waals surface area contributed by atoms with E-state index < -0.39 is 6.29 Å². The van der Waals surface area contributed by atoms with Gasteiger partial charge < -0.3 is 29.4 Å². The van der Waals surface area contributed by atoms with Crippen molar-refractivity contribution in [3.05, 3.63) is 88.5 Å². The normalized spacial score (nSPS) is 21.2. The first kappa shape index (κ1) is 27.1. The molecule has 1 saturated heterocycles. The number of carbonyl (C=O) groups excluding carboxylic acids is 1. The molecule has 2 aliphatic rings. The maximum Gasteiger partial charge on any atom is 0.221 e. The third-order valence-corrected chi connectivity index (χ3v) is 7.38. The van der Waals surface area contributed by atoms with Crippen LogP contribution in [0, 0.1) is 0 Å². The Morgan fingerprint density at radius 2 is 1.64 bits per heavy atom. The molecule has 39 heavy (non-hydrogen) atoms. The van der Waals surface area contributed by atoms with Gasteiger partial charge in [0.05, 0.1) is 33.0 Å². The van der Waals surface area contributed by atoms with Gasteiger partial charge in [-0.1, -0.05) is 36.4 Å². The van der Waals surface area contributed by atoms with Crippen LogP contribution >= 0.6 is 0 Å². The number of benzene rings is 3. The van der Waals surface area contributed by atoms with Gasteiger partial charge in [0, 0.05) is 44.2 Å². The predicted molar refractivity (Wildman–Crippen MR) is 148 cm³/mol. The number of amides is 1. The van der Waals surface area contributed by atoms with Gasteiger partial charge in [0.2, 0.25) is 5.91 Å². The lowest BCUT2D eigenvalue weighted by atomic mass is 9.97. The summed E-state index contributed by atoms with van der Waals surface area (Å²) in [5, 5.41) is 12.3. The van der Waals surface area contributed by atoms with Crippen molar-refractivity contribution in [3.63, 3.8) is 0 Å². The van der Waals surface area contributed by atoms with Gasteiger partial charge in [-0.2, -0.15) is 0 Å². The van der Waals surface area contributed by atoms with Crippen LogP contribution in [-0.2, 0) is 33.8 Å². The first-order valence-electron chi connectivity index (χ1n) is 13.3. The molecule has 0 aromatic heterocycles. The number of hydrogen-bond donors (Lipinski definition) is 2. The van der Waals surface area contributed by atoms with Crippen molar-refractivity contribution in [3.8, 4) is 11.5 Å². The molecule has 3 atom stereocenters. The summed E-state index contributed by atoms with van der Waals surface area (Å²) in [6.07, 6.45) is 0.896. The number of nitrogens with one attached hydrogen (secondary N) is 1. The lowest BCUT2D eigenvalue weighted by molar-refractivity contribution is -0.253. The summed E-state index contributed by atoms with van der Waals surface area (Å²) in [5.41, 5.74) is 6.08. The average molecular weight is 533 g/mol. The van der Waals surface area contributed by atoms with Crippen molar-refractivity contribution in [1.29, 1.82) is 0 Å². The summed E-state index contributed by atoms with van der Waals surface area (Å²) >= 11 is 0. The first-order chi connectivity index (χ1) is 18.9. The number of aliphatic hydroxyl groups is 1. The molecule has 0 spiro atoms. The summed E-state index contributed by atoms with van der Waals surface area (Å²) in [4.78, 5) is 13.9. The molecule has 0 radical (unpaired) electrons. The summed E-state index contributed by atoms with van der Waals surface area (Å²) in [7, 11) is 3.33. The summed E-state index contributed by atoms with van der Waals surface area (Å²) in [6.45, 7) is 4.00. The van der Waals surface area contributed by atoms with E-state index >= 15 is 0 Å². The highest BCUT2D eigenvalue weighted by Gasteiger charge is 2.34. The highest BCUT2D eigenvalue weighted by Crippen LogP contribution is 2.39. The highest BCUT2D eigenvalue weighted by molar-refractivity contribution is 5.88. The van der Waals surface area contributed by atoms with Gasteiger partial charge in [0.15, 0.2) is 17.8 Å². The minimum Gasteiger partial charge on any atom is -0.493 e.